The van der Waals surface area contributed by atoms with Gasteiger partial charge in [0.15, 0.2) is 0 Å². The molecule has 3 nitrogen and oxygen atoms in total. The first-order chi connectivity index (χ1) is 5.29. The van der Waals surface area contributed by atoms with Crippen molar-refractivity contribution in [1.82, 2.24) is 0 Å². The minimum Gasteiger partial charge on any atom is -0.213 e. The number of likely N-dealkylation sites (N-methyl/N-ethyl adjacent to an activating group) is 1. The van der Waals surface area contributed by atoms with Gasteiger partial charge >= 0.3 is 6.03 Å². The quantitative estimate of drug-likeness (QED) is 0.504. The van der Waals surface area contributed by atoms with Crippen LogP contribution in [0, 0.1) is 0 Å². The minimum atomic E-state index is 0.384. The van der Waals surface area contributed by atoms with Gasteiger partial charge in [-0.2, -0.15) is 4.79 Å². The second-order valence-corrected chi connectivity index (χ2v) is 3.14. The fourth-order valence-electron chi connectivity index (χ4n) is 1.66. The summed E-state index contributed by atoms with van der Waals surface area (Å²) in [5, 5.41) is 0. The molecule has 2 atom stereocenters. The zero-order chi connectivity index (χ0) is 8.27. The van der Waals surface area contributed by atoms with Gasteiger partial charge in [-0.3, -0.25) is 0 Å². The number of urea groups is 1. The molecule has 0 aromatic rings. The van der Waals surface area contributed by atoms with Crippen LogP contribution in [0.1, 0.15) is 20.3 Å². The second-order valence-electron chi connectivity index (χ2n) is 3.14. The van der Waals surface area contributed by atoms with Crippen LogP contribution in [0.4, 0.5) is 4.79 Å². The SMILES string of the molecule is CCC[NH+]1CC[NH+](CC)C1=O. The highest BCUT2D eigenvalue weighted by molar-refractivity contribution is 5.54. The Morgan fingerprint density at radius 3 is 2.36 bits per heavy atom. The van der Waals surface area contributed by atoms with E-state index in [9.17, 15) is 4.79 Å². The van der Waals surface area contributed by atoms with Crippen LogP contribution in [0.2, 0.25) is 0 Å². The van der Waals surface area contributed by atoms with Crippen molar-refractivity contribution in [2.24, 2.45) is 0 Å². The number of hydrogen-bond donors (Lipinski definition) is 2. The number of rotatable bonds is 3. The minimum absolute atomic E-state index is 0.384. The van der Waals surface area contributed by atoms with Crippen LogP contribution >= 0.6 is 0 Å². The molecule has 0 radical (unpaired) electrons. The fraction of sp³-hybridized carbons (Fsp3) is 0.875. The van der Waals surface area contributed by atoms with E-state index in [1.807, 2.05) is 0 Å². The zero-order valence-corrected chi connectivity index (χ0v) is 7.44. The summed E-state index contributed by atoms with van der Waals surface area (Å²) < 4.78 is 0. The maximum Gasteiger partial charge on any atom is 0.511 e. The third kappa shape index (κ3) is 1.79. The molecule has 0 spiro atoms. The first-order valence-electron chi connectivity index (χ1n) is 4.53. The summed E-state index contributed by atoms with van der Waals surface area (Å²) in [5.41, 5.74) is 0. The molecule has 2 unspecified atom stereocenters. The Kier molecular flexibility index (Phi) is 3.02. The predicted octanol–water partition coefficient (Wildman–Crippen LogP) is -1.68. The molecule has 1 aliphatic heterocycles. The summed E-state index contributed by atoms with van der Waals surface area (Å²) in [6.07, 6.45) is 1.11. The lowest BCUT2D eigenvalue weighted by Crippen LogP contribution is -3.26. The van der Waals surface area contributed by atoms with Crippen LogP contribution in [-0.4, -0.2) is 32.2 Å². The first-order valence-corrected chi connectivity index (χ1v) is 4.53. The number of carbonyl (C=O) groups is 1. The number of nitrogens with one attached hydrogen (secondary N) is 2. The summed E-state index contributed by atoms with van der Waals surface area (Å²) in [6.45, 7) is 8.24. The van der Waals surface area contributed by atoms with Gasteiger partial charge in [-0.15, -0.1) is 0 Å². The van der Waals surface area contributed by atoms with E-state index in [0.717, 1.165) is 37.5 Å². The van der Waals surface area contributed by atoms with Crippen molar-refractivity contribution >= 4 is 6.03 Å². The van der Waals surface area contributed by atoms with E-state index < -0.39 is 0 Å². The molecule has 1 rings (SSSR count). The zero-order valence-electron chi connectivity index (χ0n) is 7.44. The van der Waals surface area contributed by atoms with E-state index in [4.69, 9.17) is 0 Å². The lowest BCUT2D eigenvalue weighted by molar-refractivity contribution is -0.880. The highest BCUT2D eigenvalue weighted by atomic mass is 16.2. The van der Waals surface area contributed by atoms with Crippen molar-refractivity contribution in [3.63, 3.8) is 0 Å². The maximum absolute atomic E-state index is 11.5. The Labute approximate surface area is 68.0 Å². The van der Waals surface area contributed by atoms with E-state index in [1.54, 1.807) is 0 Å². The summed E-state index contributed by atoms with van der Waals surface area (Å²) in [4.78, 5) is 13.8. The predicted molar refractivity (Wildman–Crippen MR) is 42.8 cm³/mol. The smallest absolute Gasteiger partial charge is 0.213 e. The van der Waals surface area contributed by atoms with Gasteiger partial charge in [-0.25, -0.2) is 9.80 Å². The highest BCUT2D eigenvalue weighted by Gasteiger charge is 2.37. The van der Waals surface area contributed by atoms with Crippen molar-refractivity contribution in [1.29, 1.82) is 0 Å². The van der Waals surface area contributed by atoms with Gasteiger partial charge < -0.3 is 0 Å². The van der Waals surface area contributed by atoms with Crippen molar-refractivity contribution in [3.8, 4) is 0 Å². The summed E-state index contributed by atoms with van der Waals surface area (Å²) >= 11 is 0. The summed E-state index contributed by atoms with van der Waals surface area (Å²) in [5.74, 6) is 0. The van der Waals surface area contributed by atoms with Gasteiger partial charge in [0.2, 0.25) is 0 Å². The normalized spacial score (nSPS) is 31.3. The Hall–Kier alpha value is -0.410. The van der Waals surface area contributed by atoms with E-state index in [2.05, 4.69) is 13.8 Å². The molecule has 0 saturated carbocycles. The van der Waals surface area contributed by atoms with Crippen LogP contribution in [0.3, 0.4) is 0 Å². The molecule has 1 fully saturated rings. The lowest BCUT2D eigenvalue weighted by Gasteiger charge is -2.04. The van der Waals surface area contributed by atoms with Crippen LogP contribution < -0.4 is 9.80 Å². The second kappa shape index (κ2) is 3.83. The molecule has 0 aromatic carbocycles. The Morgan fingerprint density at radius 2 is 1.91 bits per heavy atom. The van der Waals surface area contributed by atoms with Gasteiger partial charge in [0.1, 0.15) is 13.1 Å². The average molecular weight is 158 g/mol. The van der Waals surface area contributed by atoms with Gasteiger partial charge in [-0.1, -0.05) is 6.92 Å². The highest BCUT2D eigenvalue weighted by Crippen LogP contribution is 1.67. The van der Waals surface area contributed by atoms with Crippen LogP contribution in [0.15, 0.2) is 0 Å². The fourth-order valence-corrected chi connectivity index (χ4v) is 1.66. The van der Waals surface area contributed by atoms with Crippen molar-refractivity contribution in [2.75, 3.05) is 26.2 Å². The lowest BCUT2D eigenvalue weighted by atomic mass is 10.4. The molecular formula is C8H18N2O+2. The van der Waals surface area contributed by atoms with E-state index in [1.165, 1.54) is 4.90 Å². The van der Waals surface area contributed by atoms with Gasteiger partial charge in [-0.05, 0) is 13.3 Å². The Bertz CT molecular complexity index is 147. The van der Waals surface area contributed by atoms with Crippen molar-refractivity contribution < 1.29 is 14.6 Å². The van der Waals surface area contributed by atoms with Crippen molar-refractivity contribution in [2.45, 2.75) is 20.3 Å². The molecular weight excluding hydrogens is 140 g/mol. The van der Waals surface area contributed by atoms with Crippen LogP contribution in [0.5, 0.6) is 0 Å². The molecule has 0 bridgehead atoms. The third-order valence-electron chi connectivity index (χ3n) is 2.35. The molecule has 3 heteroatoms. The molecule has 11 heavy (non-hydrogen) atoms. The standard InChI is InChI=1S/C8H16N2O/c1-3-5-10-7-6-9(4-2)8(10)11/h3-7H2,1-2H3/p+2. The van der Waals surface area contributed by atoms with Gasteiger partial charge in [0, 0.05) is 0 Å². The van der Waals surface area contributed by atoms with E-state index >= 15 is 0 Å². The summed E-state index contributed by atoms with van der Waals surface area (Å²) in [7, 11) is 0. The molecule has 2 N–H and O–H groups in total. The van der Waals surface area contributed by atoms with Gasteiger partial charge in [0.05, 0.1) is 13.1 Å². The Balaban J connectivity index is 2.42. The van der Waals surface area contributed by atoms with E-state index in [-0.39, 0.29) is 0 Å². The first kappa shape index (κ1) is 8.68. The third-order valence-corrected chi connectivity index (χ3v) is 2.35. The maximum atomic E-state index is 11.5. The molecule has 1 saturated heterocycles. The monoisotopic (exact) mass is 158 g/mol. The van der Waals surface area contributed by atoms with E-state index in [0.29, 0.717) is 6.03 Å². The number of hydrogen-bond acceptors (Lipinski definition) is 1. The molecule has 0 aliphatic carbocycles. The molecule has 0 aromatic heterocycles. The van der Waals surface area contributed by atoms with Crippen molar-refractivity contribution in [3.05, 3.63) is 0 Å². The molecule has 2 amide bonds. The van der Waals surface area contributed by atoms with Crippen LogP contribution in [0.25, 0.3) is 0 Å². The molecule has 1 heterocycles. The Morgan fingerprint density at radius 1 is 1.27 bits per heavy atom. The molecule has 1 aliphatic rings. The summed E-state index contributed by atoms with van der Waals surface area (Å²) in [6, 6.07) is 0.384. The largest absolute Gasteiger partial charge is 0.511 e. The average Bonchev–Trinajstić information content (AvgIpc) is 2.34. The number of carbonyl (C=O) groups excluding carboxylic acids is 1. The van der Waals surface area contributed by atoms with Crippen LogP contribution in [-0.2, 0) is 0 Å². The van der Waals surface area contributed by atoms with Gasteiger partial charge in [0.25, 0.3) is 0 Å². The topological polar surface area (TPSA) is 26.0 Å². The number of amides is 2. The molecule has 64 valence electrons. The number of quaternary nitrogens is 2.